The van der Waals surface area contributed by atoms with Gasteiger partial charge in [0.05, 0.1) is 18.4 Å². The van der Waals surface area contributed by atoms with Crippen LogP contribution >= 0.6 is 0 Å². The fourth-order valence-electron chi connectivity index (χ4n) is 2.42. The zero-order valence-corrected chi connectivity index (χ0v) is 16.3. The lowest BCUT2D eigenvalue weighted by Crippen LogP contribution is -2.25. The molecule has 0 unspecified atom stereocenters. The predicted octanol–water partition coefficient (Wildman–Crippen LogP) is 3.47. The highest BCUT2D eigenvalue weighted by molar-refractivity contribution is 5.98. The third-order valence-corrected chi connectivity index (χ3v) is 3.66. The molecule has 0 saturated heterocycles. The third-order valence-electron chi connectivity index (χ3n) is 3.66. The van der Waals surface area contributed by atoms with Gasteiger partial charge in [-0.05, 0) is 39.0 Å². The van der Waals surface area contributed by atoms with E-state index in [1.165, 1.54) is 13.1 Å². The maximum Gasteiger partial charge on any atom is 0.338 e. The average molecular weight is 368 g/mol. The molecular formula is C21H24N2O4. The number of esters is 1. The van der Waals surface area contributed by atoms with E-state index in [-0.39, 0.29) is 11.3 Å². The number of hydrogen-bond acceptors (Lipinski definition) is 5. The highest BCUT2D eigenvalue weighted by Crippen LogP contribution is 2.29. The van der Waals surface area contributed by atoms with Crippen molar-refractivity contribution in [1.29, 1.82) is 0 Å². The van der Waals surface area contributed by atoms with Crippen LogP contribution in [0.15, 0.2) is 43.0 Å². The molecule has 0 aliphatic rings. The summed E-state index contributed by atoms with van der Waals surface area (Å²) >= 11 is 0. The molecule has 2 rings (SSSR count). The summed E-state index contributed by atoms with van der Waals surface area (Å²) in [6.07, 6.45) is 0. The summed E-state index contributed by atoms with van der Waals surface area (Å²) < 4.78 is 10.8. The average Bonchev–Trinajstić information content (AvgIpc) is 2.64. The molecular weight excluding hydrogens is 344 g/mol. The summed E-state index contributed by atoms with van der Waals surface area (Å²) in [5.41, 5.74) is 1.31. The van der Waals surface area contributed by atoms with Crippen molar-refractivity contribution in [2.75, 3.05) is 14.2 Å². The van der Waals surface area contributed by atoms with Crippen LogP contribution in [0.5, 0.6) is 5.75 Å². The highest BCUT2D eigenvalue weighted by Gasteiger charge is 2.22. The lowest BCUT2D eigenvalue weighted by Gasteiger charge is -2.20. The van der Waals surface area contributed by atoms with E-state index in [1.54, 1.807) is 40.0 Å². The van der Waals surface area contributed by atoms with Crippen molar-refractivity contribution in [3.05, 3.63) is 65.5 Å². The summed E-state index contributed by atoms with van der Waals surface area (Å²) in [7, 11) is 3.06. The van der Waals surface area contributed by atoms with Crippen molar-refractivity contribution >= 4 is 17.4 Å². The van der Waals surface area contributed by atoms with Gasteiger partial charge in [-0.3, -0.25) is 4.79 Å². The van der Waals surface area contributed by atoms with E-state index in [0.717, 1.165) is 5.56 Å². The Morgan fingerprint density at radius 3 is 2.33 bits per heavy atom. The van der Waals surface area contributed by atoms with Crippen molar-refractivity contribution in [1.82, 2.24) is 10.3 Å². The summed E-state index contributed by atoms with van der Waals surface area (Å²) in [5.74, 6) is -0.327. The van der Waals surface area contributed by atoms with Gasteiger partial charge >= 0.3 is 5.97 Å². The van der Waals surface area contributed by atoms with Crippen molar-refractivity contribution < 1.29 is 19.1 Å². The molecule has 0 saturated carbocycles. The van der Waals surface area contributed by atoms with Crippen LogP contribution in [-0.2, 0) is 4.74 Å². The van der Waals surface area contributed by atoms with Gasteiger partial charge in [0.25, 0.3) is 5.91 Å². The zero-order valence-electron chi connectivity index (χ0n) is 16.3. The van der Waals surface area contributed by atoms with E-state index in [4.69, 9.17) is 9.47 Å². The number of rotatable bonds is 5. The summed E-state index contributed by atoms with van der Waals surface area (Å²) in [6, 6.07) is 10.3. The van der Waals surface area contributed by atoms with Gasteiger partial charge in [0, 0.05) is 18.2 Å². The number of pyridine rings is 1. The number of methoxy groups -OCH3 is 1. The Labute approximate surface area is 159 Å². The fourth-order valence-corrected chi connectivity index (χ4v) is 2.42. The van der Waals surface area contributed by atoms with Crippen LogP contribution in [-0.4, -0.2) is 36.6 Å². The topological polar surface area (TPSA) is 77.5 Å². The number of aromatic nitrogens is 1. The molecule has 0 aliphatic carbocycles. The Hall–Kier alpha value is -3.15. The van der Waals surface area contributed by atoms with Gasteiger partial charge in [-0.2, -0.15) is 0 Å². The van der Waals surface area contributed by atoms with Gasteiger partial charge in [0.15, 0.2) is 0 Å². The first-order valence-electron chi connectivity index (χ1n) is 8.46. The number of hydrogen-bond donors (Lipinski definition) is 1. The SMILES string of the molecule is C=C(c1cc(C(=O)OC(C)(C)C)cc(C(=O)NC)n1)c1ccccc1OC. The number of benzene rings is 1. The second-order valence-corrected chi connectivity index (χ2v) is 6.89. The number of ether oxygens (including phenoxy) is 2. The Bertz CT molecular complexity index is 882. The first-order chi connectivity index (χ1) is 12.7. The second-order valence-electron chi connectivity index (χ2n) is 6.89. The largest absolute Gasteiger partial charge is 0.496 e. The zero-order chi connectivity index (χ0) is 20.2. The maximum absolute atomic E-state index is 12.5. The number of nitrogens with zero attached hydrogens (tertiary/aromatic N) is 1. The molecule has 0 aliphatic heterocycles. The molecule has 0 radical (unpaired) electrons. The predicted molar refractivity (Wildman–Crippen MR) is 104 cm³/mol. The molecule has 6 heteroatoms. The van der Waals surface area contributed by atoms with Gasteiger partial charge in [-0.25, -0.2) is 9.78 Å². The maximum atomic E-state index is 12.5. The van der Waals surface area contributed by atoms with Gasteiger partial charge in [-0.1, -0.05) is 24.8 Å². The van der Waals surface area contributed by atoms with E-state index >= 15 is 0 Å². The molecule has 0 bridgehead atoms. The minimum Gasteiger partial charge on any atom is -0.496 e. The normalized spacial score (nSPS) is 10.9. The number of para-hydroxylation sites is 1. The first kappa shape index (κ1) is 20.2. The smallest absolute Gasteiger partial charge is 0.338 e. The van der Waals surface area contributed by atoms with Gasteiger partial charge in [0.2, 0.25) is 0 Å². The molecule has 6 nitrogen and oxygen atoms in total. The van der Waals surface area contributed by atoms with Crippen LogP contribution in [0.3, 0.4) is 0 Å². The molecule has 2 aromatic rings. The Morgan fingerprint density at radius 1 is 1.11 bits per heavy atom. The van der Waals surface area contributed by atoms with E-state index in [1.807, 2.05) is 18.2 Å². The van der Waals surface area contributed by atoms with Crippen molar-refractivity contribution in [3.8, 4) is 5.75 Å². The lowest BCUT2D eigenvalue weighted by atomic mass is 10.0. The number of amides is 1. The number of carbonyl (C=O) groups is 2. The van der Waals surface area contributed by atoms with Crippen molar-refractivity contribution in [3.63, 3.8) is 0 Å². The van der Waals surface area contributed by atoms with E-state index in [2.05, 4.69) is 16.9 Å². The molecule has 1 aromatic carbocycles. The fraction of sp³-hybridized carbons (Fsp3) is 0.286. The minimum absolute atomic E-state index is 0.104. The molecule has 0 atom stereocenters. The molecule has 1 aromatic heterocycles. The van der Waals surface area contributed by atoms with E-state index in [9.17, 15) is 9.59 Å². The minimum atomic E-state index is -0.659. The molecule has 1 heterocycles. The van der Waals surface area contributed by atoms with Crippen LogP contribution in [0.1, 0.15) is 52.9 Å². The number of nitrogens with one attached hydrogen (secondary N) is 1. The number of carbonyl (C=O) groups excluding carboxylic acids is 2. The summed E-state index contributed by atoms with van der Waals surface area (Å²) in [5, 5.41) is 2.52. The third kappa shape index (κ3) is 4.94. The quantitative estimate of drug-likeness (QED) is 0.818. The second kappa shape index (κ2) is 8.03. The summed E-state index contributed by atoms with van der Waals surface area (Å²) in [6.45, 7) is 9.41. The van der Waals surface area contributed by atoms with E-state index in [0.29, 0.717) is 17.0 Å². The summed E-state index contributed by atoms with van der Waals surface area (Å²) in [4.78, 5) is 29.0. The van der Waals surface area contributed by atoms with Crippen LogP contribution in [0.2, 0.25) is 0 Å². The monoisotopic (exact) mass is 368 g/mol. The van der Waals surface area contributed by atoms with Crippen LogP contribution in [0.4, 0.5) is 0 Å². The van der Waals surface area contributed by atoms with Crippen LogP contribution in [0, 0.1) is 0 Å². The van der Waals surface area contributed by atoms with Gasteiger partial charge in [-0.15, -0.1) is 0 Å². The first-order valence-corrected chi connectivity index (χ1v) is 8.46. The molecule has 142 valence electrons. The molecule has 1 amide bonds. The molecule has 1 N–H and O–H groups in total. The van der Waals surface area contributed by atoms with Crippen molar-refractivity contribution in [2.24, 2.45) is 0 Å². The molecule has 0 spiro atoms. The van der Waals surface area contributed by atoms with E-state index < -0.39 is 17.5 Å². The Balaban J connectivity index is 2.55. The standard InChI is InChI=1S/C21H24N2O4/c1-13(15-9-7-8-10-18(15)26-6)16-11-14(20(25)27-21(2,3)4)12-17(23-16)19(24)22-5/h7-12H,1H2,2-6H3,(H,22,24). The van der Waals surface area contributed by atoms with Crippen molar-refractivity contribution in [2.45, 2.75) is 26.4 Å². The Morgan fingerprint density at radius 2 is 1.74 bits per heavy atom. The molecule has 27 heavy (non-hydrogen) atoms. The van der Waals surface area contributed by atoms with Gasteiger partial charge in [0.1, 0.15) is 17.0 Å². The lowest BCUT2D eigenvalue weighted by molar-refractivity contribution is 0.00693. The molecule has 0 fully saturated rings. The highest BCUT2D eigenvalue weighted by atomic mass is 16.6. The Kier molecular flexibility index (Phi) is 6.00. The van der Waals surface area contributed by atoms with Gasteiger partial charge < -0.3 is 14.8 Å². The van der Waals surface area contributed by atoms with Crippen LogP contribution < -0.4 is 10.1 Å². The van der Waals surface area contributed by atoms with Crippen LogP contribution in [0.25, 0.3) is 5.57 Å².